The van der Waals surface area contributed by atoms with Crippen molar-refractivity contribution in [3.05, 3.63) is 157 Å². The Labute approximate surface area is 359 Å². The Morgan fingerprint density at radius 2 is 0.800 bits per heavy atom. The van der Waals surface area contributed by atoms with Crippen LogP contribution >= 0.6 is 0 Å². The second-order valence-corrected chi connectivity index (χ2v) is 29.4. The molecule has 0 unspecified atom stereocenters. The normalized spacial score (nSPS) is 16.0. The fourth-order valence-corrected chi connectivity index (χ4v) is 17.1. The summed E-state index contributed by atoms with van der Waals surface area (Å²) in [6.07, 6.45) is 0. The fraction of sp³-hybridized carbons (Fsp3) is 0.222. The molecule has 3 nitrogen and oxygen atoms in total. The smallest absolute Gasteiger partial charge is 0.252 e. The quantitative estimate of drug-likeness (QED) is 0.165. The molecule has 0 fully saturated rings. The third-order valence-corrected chi connectivity index (χ3v) is 21.4. The number of hydrogen-bond donors (Lipinski definition) is 0. The highest BCUT2D eigenvalue weighted by Gasteiger charge is 2.51. The maximum absolute atomic E-state index is 2.67. The predicted octanol–water partition coefficient (Wildman–Crippen LogP) is 10.1. The number of hydrogen-bond acceptors (Lipinski definition) is 3. The summed E-state index contributed by atoms with van der Waals surface area (Å²) in [7, 11) is -4.13. The van der Waals surface area contributed by atoms with Crippen molar-refractivity contribution in [3.8, 4) is 0 Å². The van der Waals surface area contributed by atoms with E-state index in [-0.39, 0.29) is 17.5 Å². The fourth-order valence-electron chi connectivity index (χ4n) is 11.1. The van der Waals surface area contributed by atoms with Gasteiger partial charge in [-0.2, -0.15) is 0 Å². The summed E-state index contributed by atoms with van der Waals surface area (Å²) in [5, 5.41) is 6.04. The molecule has 0 spiro atoms. The summed E-state index contributed by atoms with van der Waals surface area (Å²) in [4.78, 5) is 7.85. The van der Waals surface area contributed by atoms with Crippen molar-refractivity contribution in [2.24, 2.45) is 0 Å². The van der Waals surface area contributed by atoms with Gasteiger partial charge >= 0.3 is 0 Å². The highest BCUT2D eigenvalue weighted by molar-refractivity contribution is 7.07. The lowest BCUT2D eigenvalue weighted by Gasteiger charge is -2.51. The first kappa shape index (κ1) is 37.4. The second kappa shape index (κ2) is 12.5. The summed E-state index contributed by atoms with van der Waals surface area (Å²) in [5.74, 6) is 0. The van der Waals surface area contributed by atoms with E-state index in [9.17, 15) is 0 Å². The van der Waals surface area contributed by atoms with E-state index < -0.39 is 16.1 Å². The third kappa shape index (κ3) is 5.13. The van der Waals surface area contributed by atoms with Crippen LogP contribution in [0.2, 0.25) is 26.2 Å². The van der Waals surface area contributed by atoms with E-state index in [2.05, 4.69) is 228 Å². The van der Waals surface area contributed by atoms with Gasteiger partial charge in [0.05, 0.1) is 5.69 Å². The number of nitrogens with zero attached hydrogens (tertiary/aromatic N) is 3. The summed E-state index contributed by atoms with van der Waals surface area (Å²) >= 11 is 0. The van der Waals surface area contributed by atoms with Crippen LogP contribution in [-0.2, 0) is 10.8 Å². The molecule has 0 radical (unpaired) electrons. The lowest BCUT2D eigenvalue weighted by Crippen LogP contribution is -2.70. The molecule has 0 aliphatic carbocycles. The van der Waals surface area contributed by atoms with Crippen molar-refractivity contribution in [2.75, 3.05) is 14.7 Å². The molecule has 0 saturated carbocycles. The summed E-state index contributed by atoms with van der Waals surface area (Å²) in [6, 6.07) is 56.8. The topological polar surface area (TPSA) is 9.72 Å². The molecular weight excluding hydrogens is 758 g/mol. The van der Waals surface area contributed by atoms with Crippen molar-refractivity contribution in [3.63, 3.8) is 0 Å². The monoisotopic (exact) mass is 811 g/mol. The van der Waals surface area contributed by atoms with Gasteiger partial charge in [-0.15, -0.1) is 0 Å². The minimum Gasteiger partial charge on any atom is -0.312 e. The standard InChI is InChI=1S/C54H54BN3Si2/c1-53(2,3)35-25-29-37(30-26-35)56(38-31-27-36(28-32-38)54(4,5)6)39-33-44-50-45(34-39)58-43-20-12-14-22-47(43)60(9,10)49-24-16-18-41(52(49)58)55(50)40-17-15-23-48-51(40)57(44)42-19-11-13-21-46(42)59(48,7)8/h11-34H,1-10H3. The average molecular weight is 812 g/mol. The predicted molar refractivity (Wildman–Crippen MR) is 266 cm³/mol. The van der Waals surface area contributed by atoms with E-state index >= 15 is 0 Å². The Bertz CT molecular complexity index is 2720. The van der Waals surface area contributed by atoms with Crippen LogP contribution in [0.25, 0.3) is 0 Å². The van der Waals surface area contributed by atoms with Crippen LogP contribution in [0.1, 0.15) is 52.7 Å². The van der Waals surface area contributed by atoms with Crippen molar-refractivity contribution in [1.29, 1.82) is 0 Å². The summed E-state index contributed by atoms with van der Waals surface area (Å²) in [5.41, 5.74) is 18.5. The zero-order chi connectivity index (χ0) is 41.7. The third-order valence-electron chi connectivity index (χ3n) is 14.3. The molecule has 0 atom stereocenters. The van der Waals surface area contributed by atoms with Crippen molar-refractivity contribution in [1.82, 2.24) is 0 Å². The first-order chi connectivity index (χ1) is 28.6. The molecule has 0 N–H and O–H groups in total. The zero-order valence-electron chi connectivity index (χ0n) is 36.8. The van der Waals surface area contributed by atoms with Gasteiger partial charge in [-0.1, -0.05) is 165 Å². The highest BCUT2D eigenvalue weighted by atomic mass is 28.3. The van der Waals surface area contributed by atoms with Crippen molar-refractivity contribution < 1.29 is 0 Å². The molecule has 0 bridgehead atoms. The molecule has 0 aromatic heterocycles. The lowest BCUT2D eigenvalue weighted by atomic mass is 9.33. The minimum atomic E-state index is -2.07. The number of rotatable bonds is 3. The van der Waals surface area contributed by atoms with Crippen LogP contribution in [0.3, 0.4) is 0 Å². The van der Waals surface area contributed by atoms with Gasteiger partial charge in [-0.25, -0.2) is 0 Å². The Hall–Kier alpha value is -5.56. The maximum atomic E-state index is 2.67. The number of anilines is 9. The largest absolute Gasteiger partial charge is 0.312 e. The molecule has 7 aromatic rings. The molecule has 60 heavy (non-hydrogen) atoms. The molecular formula is C54H54BN3Si2. The van der Waals surface area contributed by atoms with Crippen molar-refractivity contribution >= 4 is 111 Å². The molecule has 0 amide bonds. The van der Waals surface area contributed by atoms with Gasteiger partial charge in [0, 0.05) is 45.5 Å². The summed E-state index contributed by atoms with van der Waals surface area (Å²) in [6.45, 7) is 24.1. The molecule has 0 saturated heterocycles. The van der Waals surface area contributed by atoms with E-state index in [1.807, 2.05) is 0 Å². The molecule has 6 heteroatoms. The minimum absolute atomic E-state index is 0.0520. The molecule has 4 aliphatic rings. The van der Waals surface area contributed by atoms with Gasteiger partial charge in [0.2, 0.25) is 0 Å². The van der Waals surface area contributed by atoms with E-state index in [0.29, 0.717) is 0 Å². The van der Waals surface area contributed by atoms with Crippen LogP contribution in [0, 0.1) is 0 Å². The van der Waals surface area contributed by atoms with Crippen LogP contribution in [-0.4, -0.2) is 22.9 Å². The Morgan fingerprint density at radius 3 is 1.20 bits per heavy atom. The van der Waals surface area contributed by atoms with E-state index in [0.717, 1.165) is 17.1 Å². The number of para-hydroxylation sites is 4. The maximum Gasteiger partial charge on any atom is 0.252 e. The van der Waals surface area contributed by atoms with Gasteiger partial charge < -0.3 is 14.7 Å². The van der Waals surface area contributed by atoms with E-state index in [1.54, 1.807) is 0 Å². The van der Waals surface area contributed by atoms with E-state index in [1.165, 1.54) is 82.4 Å². The van der Waals surface area contributed by atoms with Crippen LogP contribution in [0.15, 0.2) is 146 Å². The zero-order valence-corrected chi connectivity index (χ0v) is 38.8. The van der Waals surface area contributed by atoms with Crippen LogP contribution in [0.4, 0.5) is 51.2 Å². The summed E-state index contributed by atoms with van der Waals surface area (Å²) < 4.78 is 0. The molecule has 4 heterocycles. The van der Waals surface area contributed by atoms with Gasteiger partial charge in [-0.3, -0.25) is 0 Å². The highest BCUT2D eigenvalue weighted by Crippen LogP contribution is 2.49. The Balaban J connectivity index is 1.26. The number of benzene rings is 7. The molecule has 4 aliphatic heterocycles. The molecule has 11 rings (SSSR count). The number of fused-ring (bicyclic) bond motifs is 8. The van der Waals surface area contributed by atoms with Gasteiger partial charge in [0.1, 0.15) is 16.1 Å². The van der Waals surface area contributed by atoms with Crippen LogP contribution < -0.4 is 51.8 Å². The van der Waals surface area contributed by atoms with Crippen LogP contribution in [0.5, 0.6) is 0 Å². The first-order valence-electron chi connectivity index (χ1n) is 21.8. The van der Waals surface area contributed by atoms with Gasteiger partial charge in [0.15, 0.2) is 0 Å². The average Bonchev–Trinajstić information content (AvgIpc) is 3.22. The van der Waals surface area contributed by atoms with Gasteiger partial charge in [-0.05, 0) is 108 Å². The van der Waals surface area contributed by atoms with E-state index in [4.69, 9.17) is 0 Å². The van der Waals surface area contributed by atoms with Crippen molar-refractivity contribution in [2.45, 2.75) is 78.6 Å². The lowest BCUT2D eigenvalue weighted by molar-refractivity contribution is 0.590. The first-order valence-corrected chi connectivity index (χ1v) is 27.8. The molecule has 7 aromatic carbocycles. The molecule has 296 valence electrons. The Morgan fingerprint density at radius 1 is 0.417 bits per heavy atom. The SMILES string of the molecule is CC(C)(C)c1ccc(N(c2ccc(C(C)(C)C)cc2)c2cc3c4c(c2)N2c5ccccc5[Si](C)(C)c5cccc(c52)B4c2cccc4c2N3c2ccccc2[Si]4(C)C)cc1. The Kier molecular flexibility index (Phi) is 7.80. The van der Waals surface area contributed by atoms with Gasteiger partial charge in [0.25, 0.3) is 6.71 Å². The second-order valence-electron chi connectivity index (χ2n) is 20.7.